The molecule has 0 bridgehead atoms. The van der Waals surface area contributed by atoms with Crippen molar-refractivity contribution in [2.75, 3.05) is 0 Å². The second-order valence-corrected chi connectivity index (χ2v) is 12.0. The lowest BCUT2D eigenvalue weighted by Gasteiger charge is -2.28. The molecule has 0 radical (unpaired) electrons. The fourth-order valence-electron chi connectivity index (χ4n) is 4.70. The van der Waals surface area contributed by atoms with Crippen LogP contribution in [0.3, 0.4) is 0 Å². The maximum absolute atomic E-state index is 10.3. The van der Waals surface area contributed by atoms with Gasteiger partial charge in [-0.15, -0.1) is 0 Å². The van der Waals surface area contributed by atoms with Gasteiger partial charge in [0.25, 0.3) is 0 Å². The van der Waals surface area contributed by atoms with Crippen LogP contribution in [0.2, 0.25) is 0 Å². The van der Waals surface area contributed by atoms with Gasteiger partial charge in [0, 0.05) is 5.56 Å². The molecular weight excluding hydrogens is 403 g/mol. The fraction of sp³-hybridized carbons (Fsp3) is 0.778. The van der Waals surface area contributed by atoms with E-state index in [1.54, 1.807) is 0 Å². The van der Waals surface area contributed by atoms with Gasteiger partial charge in [-0.2, -0.15) is 14.7 Å². The minimum atomic E-state index is -4.08. The van der Waals surface area contributed by atoms with E-state index in [-0.39, 0.29) is 5.41 Å². The first kappa shape index (κ1) is 28.6. The van der Waals surface area contributed by atoms with Crippen LogP contribution in [0.5, 0.6) is 0 Å². The van der Waals surface area contributed by atoms with Crippen LogP contribution in [-0.4, -0.2) is 14.7 Å². The molecule has 0 aromatic heterocycles. The van der Waals surface area contributed by atoms with Crippen LogP contribution < -0.4 is 5.30 Å². The summed E-state index contributed by atoms with van der Waals surface area (Å²) < 4.78 is 0. The highest BCUT2D eigenvalue weighted by Crippen LogP contribution is 2.48. The molecule has 0 aliphatic rings. The zero-order valence-electron chi connectivity index (χ0n) is 21.3. The van der Waals surface area contributed by atoms with Crippen LogP contribution >= 0.6 is 7.94 Å². The van der Waals surface area contributed by atoms with Gasteiger partial charge >= 0.3 is 7.94 Å². The maximum atomic E-state index is 10.3. The highest BCUT2D eigenvalue weighted by molar-refractivity contribution is 7.66. The molecule has 0 aliphatic heterocycles. The molecule has 1 rings (SSSR count). The van der Waals surface area contributed by atoms with Gasteiger partial charge in [-0.1, -0.05) is 98.8 Å². The molecule has 31 heavy (non-hydrogen) atoms. The van der Waals surface area contributed by atoms with Crippen molar-refractivity contribution in [1.29, 1.82) is 0 Å². The van der Waals surface area contributed by atoms with E-state index in [4.69, 9.17) is 0 Å². The fourth-order valence-corrected chi connectivity index (χ4v) is 5.80. The molecule has 0 amide bonds. The largest absolute Gasteiger partial charge is 0.441 e. The van der Waals surface area contributed by atoms with Crippen molar-refractivity contribution in [3.8, 4) is 0 Å². The number of rotatable bonds is 15. The van der Waals surface area contributed by atoms with E-state index < -0.39 is 7.94 Å². The summed E-state index contributed by atoms with van der Waals surface area (Å²) in [5, 5.41) is 0.382. The summed E-state index contributed by atoms with van der Waals surface area (Å²) in [5.41, 5.74) is 4.41. The number of hydrogen-bond acceptors (Lipinski definition) is 3. The molecule has 3 N–H and O–H groups in total. The van der Waals surface area contributed by atoms with E-state index in [9.17, 15) is 14.7 Å². The third kappa shape index (κ3) is 9.91. The molecule has 1 aromatic carbocycles. The van der Waals surface area contributed by atoms with E-state index in [0.29, 0.717) is 5.30 Å². The first-order valence-electron chi connectivity index (χ1n) is 12.8. The summed E-state index contributed by atoms with van der Waals surface area (Å²) in [7, 11) is -4.08. The van der Waals surface area contributed by atoms with Crippen molar-refractivity contribution in [2.24, 2.45) is 0 Å². The summed E-state index contributed by atoms with van der Waals surface area (Å²) in [6, 6.07) is 1.90. The zero-order chi connectivity index (χ0) is 23.5. The minimum Gasteiger partial charge on any atom is -0.189 e. The Bertz CT molecular complexity index is 641. The Morgan fingerprint density at radius 2 is 1.16 bits per heavy atom. The zero-order valence-corrected chi connectivity index (χ0v) is 22.2. The third-order valence-electron chi connectivity index (χ3n) is 6.46. The normalized spacial score (nSPS) is 12.5. The number of hydrogen-bond donors (Lipinski definition) is 3. The molecule has 4 heteroatoms. The summed E-state index contributed by atoms with van der Waals surface area (Å²) in [6.45, 7) is 13.0. The maximum Gasteiger partial charge on any atom is 0.441 e. The summed E-state index contributed by atoms with van der Waals surface area (Å²) in [6.07, 6.45) is 16.8. The third-order valence-corrected chi connectivity index (χ3v) is 7.46. The lowest BCUT2D eigenvalue weighted by molar-refractivity contribution is 0.346. The highest BCUT2D eigenvalue weighted by Gasteiger charge is 2.42. The summed E-state index contributed by atoms with van der Waals surface area (Å²) in [5.74, 6) is 0. The summed E-state index contributed by atoms with van der Waals surface area (Å²) >= 11 is 0. The Morgan fingerprint density at radius 1 is 0.710 bits per heavy atom. The Kier molecular flexibility index (Phi) is 12.8. The molecule has 0 atom stereocenters. The highest BCUT2D eigenvalue weighted by atomic mass is 31.2. The van der Waals surface area contributed by atoms with Gasteiger partial charge in [0.15, 0.2) is 5.30 Å². The van der Waals surface area contributed by atoms with Crippen LogP contribution in [0, 0.1) is 6.92 Å². The van der Waals surface area contributed by atoms with E-state index in [2.05, 4.69) is 41.5 Å². The van der Waals surface area contributed by atoms with E-state index in [1.807, 2.05) is 6.07 Å². The topological polar surface area (TPSA) is 60.7 Å². The lowest BCUT2D eigenvalue weighted by Crippen LogP contribution is -2.29. The Labute approximate surface area is 193 Å². The van der Waals surface area contributed by atoms with Crippen molar-refractivity contribution in [2.45, 2.75) is 137 Å². The molecule has 0 saturated heterocycles. The average molecular weight is 454 g/mol. The molecule has 0 spiro atoms. The number of unbranched alkanes of at least 4 members (excludes halogenated alkanes) is 10. The number of aryl methyl sites for hydroxylation is 1. The first-order chi connectivity index (χ1) is 14.5. The van der Waals surface area contributed by atoms with Gasteiger partial charge in [-0.3, -0.25) is 0 Å². The molecule has 0 saturated carbocycles. The molecule has 0 fully saturated rings. The Balaban J connectivity index is 3.13. The molecule has 0 aliphatic carbocycles. The van der Waals surface area contributed by atoms with Crippen molar-refractivity contribution in [3.05, 3.63) is 28.3 Å². The molecule has 1 aromatic rings. The molecular formula is C27H50O3P+. The van der Waals surface area contributed by atoms with Crippen LogP contribution in [0.25, 0.3) is 0 Å². The van der Waals surface area contributed by atoms with Crippen molar-refractivity contribution in [1.82, 2.24) is 0 Å². The van der Waals surface area contributed by atoms with E-state index >= 15 is 0 Å². The van der Waals surface area contributed by atoms with Crippen LogP contribution in [-0.2, 0) is 18.3 Å². The quantitative estimate of drug-likeness (QED) is 0.191. The van der Waals surface area contributed by atoms with Gasteiger partial charge in [0.05, 0.1) is 0 Å². The molecule has 0 heterocycles. The predicted molar refractivity (Wildman–Crippen MR) is 137 cm³/mol. The number of benzene rings is 1. The monoisotopic (exact) mass is 453 g/mol. The Morgan fingerprint density at radius 3 is 1.61 bits per heavy atom. The van der Waals surface area contributed by atoms with Crippen LogP contribution in [0.4, 0.5) is 0 Å². The van der Waals surface area contributed by atoms with Gasteiger partial charge < -0.3 is 0 Å². The second kappa shape index (κ2) is 13.9. The van der Waals surface area contributed by atoms with E-state index in [0.717, 1.165) is 31.2 Å². The minimum absolute atomic E-state index is 0.254. The van der Waals surface area contributed by atoms with Crippen molar-refractivity contribution < 1.29 is 14.7 Å². The van der Waals surface area contributed by atoms with Crippen LogP contribution in [0.15, 0.2) is 6.07 Å². The van der Waals surface area contributed by atoms with Crippen molar-refractivity contribution >= 4 is 13.2 Å². The lowest BCUT2D eigenvalue weighted by atomic mass is 9.79. The van der Waals surface area contributed by atoms with Gasteiger partial charge in [-0.05, 0) is 60.8 Å². The van der Waals surface area contributed by atoms with Crippen molar-refractivity contribution in [3.63, 3.8) is 0 Å². The smallest absolute Gasteiger partial charge is 0.189 e. The van der Waals surface area contributed by atoms with Crippen LogP contribution in [0.1, 0.15) is 134 Å². The standard InChI is InChI=1S/C27H50O3P/c1-7-9-11-13-15-17-19-23-21-25(31(28,29)30)26(27(4,5)6)24(22(23)3)20-18-16-14-12-10-8-2/h21,28-30H,7-20H2,1-6H3/q+1. The SMILES string of the molecule is CCCCCCCCc1cc([P+](O)(O)O)c(C(C)(C)C)c(CCCCCCCC)c1C. The van der Waals surface area contributed by atoms with Gasteiger partial charge in [0.2, 0.25) is 0 Å². The summed E-state index contributed by atoms with van der Waals surface area (Å²) in [4.78, 5) is 31.0. The van der Waals surface area contributed by atoms with Gasteiger partial charge in [0.1, 0.15) is 0 Å². The molecule has 3 nitrogen and oxygen atoms in total. The van der Waals surface area contributed by atoms with E-state index in [1.165, 1.54) is 80.9 Å². The first-order valence-corrected chi connectivity index (χ1v) is 14.4. The van der Waals surface area contributed by atoms with Gasteiger partial charge in [-0.25, -0.2) is 0 Å². The molecule has 0 unspecified atom stereocenters. The predicted octanol–water partition coefficient (Wildman–Crippen LogP) is 7.46. The second-order valence-electron chi connectivity index (χ2n) is 10.4. The average Bonchev–Trinajstić information content (AvgIpc) is 2.67. The molecule has 180 valence electrons. The Hall–Kier alpha value is -0.470.